The van der Waals surface area contributed by atoms with Gasteiger partial charge in [-0.05, 0) is 79.1 Å². The Labute approximate surface area is 355 Å². The number of amides is 1. The van der Waals surface area contributed by atoms with Crippen molar-refractivity contribution in [3.63, 3.8) is 0 Å². The maximum atomic E-state index is 14.7. The highest BCUT2D eigenvalue weighted by molar-refractivity contribution is 6.00. The number of aliphatic hydroxyl groups excluding tert-OH is 2. The van der Waals surface area contributed by atoms with Gasteiger partial charge in [0.05, 0.1) is 55.2 Å². The highest BCUT2D eigenvalue weighted by atomic mass is 16.6. The maximum Gasteiger partial charge on any atom is 0.411 e. The van der Waals surface area contributed by atoms with Gasteiger partial charge in [0.2, 0.25) is 0 Å². The molecule has 2 fully saturated rings. The standard InChI is InChI=1S/C44H69N5O11/c1-12-36-44(25-50)39(49(42(55)60-44)19-14-13-18-48-23-33(46-26-48)32-16-15-17-45-22-32)29(4)37(52)27(2)21-43(7,57-11)40(30(5)38(53)31(6)41(54)59-36)58-24-35(51)34(47(8)9)20-28(3)56-10/h15-17,22-23,26-31,34-36,39-40,50-51H,12-14,18-21,24-25H2,1-11H3/t27-,28?,29+,30?,31?,34?,35+,36-,39?,40-,43+,44?/m1/s1. The molecule has 2 saturated heterocycles. The van der Waals surface area contributed by atoms with E-state index in [4.69, 9.17) is 23.7 Å². The third kappa shape index (κ3) is 10.8. The second-order valence-electron chi connectivity index (χ2n) is 17.3. The first kappa shape index (κ1) is 48.9. The number of aliphatic hydroxyl groups is 2. The Hall–Kier alpha value is -3.80. The van der Waals surface area contributed by atoms with Crippen LogP contribution in [-0.4, -0.2) is 154 Å². The number of hydrogen-bond acceptors (Lipinski definition) is 14. The SMILES string of the molecule is CC[C@H]1OC(=O)C(C)C(=O)C(C)[C@@H](OC[C@H](O)C(CC(C)OC)N(C)C)[C@@](C)(OC)C[C@@H](C)C(=O)[C@H](C)C2N(CCCCn3cnc(-c4cccnc4)c3)C(=O)OC21CO. The molecule has 0 aliphatic carbocycles. The van der Waals surface area contributed by atoms with Crippen molar-refractivity contribution < 1.29 is 53.1 Å². The third-order valence-corrected chi connectivity index (χ3v) is 12.8. The van der Waals surface area contributed by atoms with Crippen LogP contribution in [0.5, 0.6) is 0 Å². The van der Waals surface area contributed by atoms with Gasteiger partial charge in [-0.15, -0.1) is 0 Å². The zero-order valence-electron chi connectivity index (χ0n) is 37.4. The summed E-state index contributed by atoms with van der Waals surface area (Å²) in [6.07, 6.45) is 4.97. The molecular formula is C44H69N5O11. The van der Waals surface area contributed by atoms with Crippen LogP contribution in [0.25, 0.3) is 11.3 Å². The summed E-state index contributed by atoms with van der Waals surface area (Å²) in [5, 5.41) is 22.6. The Morgan fingerprint density at radius 3 is 2.35 bits per heavy atom. The van der Waals surface area contributed by atoms with Crippen LogP contribution in [0.4, 0.5) is 4.79 Å². The van der Waals surface area contributed by atoms with Gasteiger partial charge in [0.15, 0.2) is 11.4 Å². The predicted molar refractivity (Wildman–Crippen MR) is 223 cm³/mol. The molecule has 12 atom stereocenters. The number of esters is 1. The zero-order chi connectivity index (χ0) is 44.5. The van der Waals surface area contributed by atoms with E-state index in [-0.39, 0.29) is 43.9 Å². The van der Waals surface area contributed by atoms with E-state index >= 15 is 0 Å². The number of aryl methyl sites for hydroxylation is 1. The van der Waals surface area contributed by atoms with Gasteiger partial charge < -0.3 is 48.3 Å². The second kappa shape index (κ2) is 21.3. The lowest BCUT2D eigenvalue weighted by Gasteiger charge is -2.44. The summed E-state index contributed by atoms with van der Waals surface area (Å²) in [4.78, 5) is 68.9. The Balaban J connectivity index is 1.65. The summed E-state index contributed by atoms with van der Waals surface area (Å²) in [6.45, 7) is 11.9. The van der Waals surface area contributed by atoms with E-state index in [1.165, 1.54) is 18.9 Å². The molecule has 2 N–H and O–H groups in total. The lowest BCUT2D eigenvalue weighted by Crippen LogP contribution is -2.62. The van der Waals surface area contributed by atoms with E-state index in [1.54, 1.807) is 60.4 Å². The molecule has 2 aromatic rings. The van der Waals surface area contributed by atoms with Gasteiger partial charge in [0, 0.05) is 75.3 Å². The number of nitrogens with zero attached hydrogens (tertiary/aromatic N) is 5. The number of imidazole rings is 1. The minimum Gasteiger partial charge on any atom is -0.457 e. The number of unbranched alkanes of at least 4 members (excludes halogenated alkanes) is 1. The number of methoxy groups -OCH3 is 2. The van der Waals surface area contributed by atoms with Crippen LogP contribution in [0.2, 0.25) is 0 Å². The minimum absolute atomic E-state index is 0.0957. The molecule has 6 unspecified atom stereocenters. The molecule has 0 radical (unpaired) electrons. The molecule has 4 heterocycles. The molecule has 60 heavy (non-hydrogen) atoms. The van der Waals surface area contributed by atoms with E-state index in [0.717, 1.165) is 11.3 Å². The second-order valence-corrected chi connectivity index (χ2v) is 17.3. The fraction of sp³-hybridized carbons (Fsp3) is 0.727. The Kier molecular flexibility index (Phi) is 17.4. The van der Waals surface area contributed by atoms with Crippen molar-refractivity contribution in [1.29, 1.82) is 0 Å². The van der Waals surface area contributed by atoms with Crippen LogP contribution in [0.3, 0.4) is 0 Å². The predicted octanol–water partition coefficient (Wildman–Crippen LogP) is 4.19. The first-order valence-corrected chi connectivity index (χ1v) is 21.2. The van der Waals surface area contributed by atoms with Crippen LogP contribution in [0.1, 0.15) is 80.6 Å². The summed E-state index contributed by atoms with van der Waals surface area (Å²) in [6, 6.07) is 2.42. The number of fused-ring (bicyclic) bond motifs is 1. The lowest BCUT2D eigenvalue weighted by molar-refractivity contribution is -0.185. The molecule has 4 rings (SSSR count). The van der Waals surface area contributed by atoms with E-state index in [0.29, 0.717) is 25.8 Å². The van der Waals surface area contributed by atoms with Gasteiger partial charge in [-0.3, -0.25) is 19.4 Å². The average Bonchev–Trinajstić information content (AvgIpc) is 3.83. The van der Waals surface area contributed by atoms with E-state index in [9.17, 15) is 29.4 Å². The number of hydrogen-bond donors (Lipinski definition) is 2. The van der Waals surface area contributed by atoms with Gasteiger partial charge in [-0.25, -0.2) is 9.78 Å². The van der Waals surface area contributed by atoms with Crippen molar-refractivity contribution in [3.05, 3.63) is 37.1 Å². The maximum absolute atomic E-state index is 14.7. The van der Waals surface area contributed by atoms with Crippen molar-refractivity contribution in [2.45, 2.75) is 135 Å². The fourth-order valence-electron chi connectivity index (χ4n) is 9.16. The van der Waals surface area contributed by atoms with Crippen LogP contribution in [0.15, 0.2) is 37.1 Å². The van der Waals surface area contributed by atoms with Gasteiger partial charge in [-0.1, -0.05) is 27.7 Å². The van der Waals surface area contributed by atoms with Gasteiger partial charge in [0.25, 0.3) is 0 Å². The first-order valence-electron chi connectivity index (χ1n) is 21.2. The largest absolute Gasteiger partial charge is 0.457 e. The fourth-order valence-corrected chi connectivity index (χ4v) is 9.16. The van der Waals surface area contributed by atoms with E-state index in [1.807, 2.05) is 48.8 Å². The Morgan fingerprint density at radius 1 is 1.05 bits per heavy atom. The number of Topliss-reactive ketones (excluding diaryl/α,β-unsaturated/α-hetero) is 2. The number of ketones is 2. The smallest absolute Gasteiger partial charge is 0.411 e. The van der Waals surface area contributed by atoms with Crippen LogP contribution in [-0.2, 0) is 44.6 Å². The van der Waals surface area contributed by atoms with Crippen LogP contribution in [0, 0.1) is 23.7 Å². The van der Waals surface area contributed by atoms with Gasteiger partial charge in [-0.2, -0.15) is 0 Å². The molecular weight excluding hydrogens is 775 g/mol. The summed E-state index contributed by atoms with van der Waals surface area (Å²) in [5.74, 6) is -5.44. The normalized spacial score (nSPS) is 31.0. The minimum atomic E-state index is -1.80. The van der Waals surface area contributed by atoms with Crippen LogP contribution >= 0.6 is 0 Å². The Bertz CT molecular complexity index is 1730. The highest BCUT2D eigenvalue weighted by Crippen LogP contribution is 2.43. The number of rotatable bonds is 17. The van der Waals surface area contributed by atoms with Crippen molar-refractivity contribution >= 4 is 23.6 Å². The topological polar surface area (TPSA) is 192 Å². The summed E-state index contributed by atoms with van der Waals surface area (Å²) < 4.78 is 32.1. The molecule has 0 bridgehead atoms. The van der Waals surface area contributed by atoms with Gasteiger partial charge >= 0.3 is 12.1 Å². The summed E-state index contributed by atoms with van der Waals surface area (Å²) in [5.41, 5.74) is -1.38. The van der Waals surface area contributed by atoms with Crippen molar-refractivity contribution in [3.8, 4) is 11.3 Å². The quantitative estimate of drug-likeness (QED) is 0.131. The van der Waals surface area contributed by atoms with Crippen molar-refractivity contribution in [2.24, 2.45) is 23.7 Å². The van der Waals surface area contributed by atoms with Gasteiger partial charge in [0.1, 0.15) is 17.8 Å². The number of likely N-dealkylation sites (N-methyl/N-ethyl adjacent to an activating group) is 1. The number of ether oxygens (including phenoxy) is 5. The monoisotopic (exact) mass is 843 g/mol. The summed E-state index contributed by atoms with van der Waals surface area (Å²) in [7, 11) is 6.79. The van der Waals surface area contributed by atoms with Crippen molar-refractivity contribution in [1.82, 2.24) is 24.3 Å². The summed E-state index contributed by atoms with van der Waals surface area (Å²) >= 11 is 0. The molecule has 0 aromatic carbocycles. The lowest BCUT2D eigenvalue weighted by atomic mass is 9.73. The molecule has 16 nitrogen and oxygen atoms in total. The van der Waals surface area contributed by atoms with Crippen molar-refractivity contribution in [2.75, 3.05) is 48.1 Å². The molecule has 2 aliphatic heterocycles. The average molecular weight is 844 g/mol. The number of cyclic esters (lactones) is 1. The molecule has 0 spiro atoms. The molecule has 2 aliphatic rings. The third-order valence-electron chi connectivity index (χ3n) is 12.8. The van der Waals surface area contributed by atoms with E-state index in [2.05, 4.69) is 9.97 Å². The number of carbonyl (C=O) groups excluding carboxylic acids is 4. The van der Waals surface area contributed by atoms with E-state index < -0.39 is 83.7 Å². The number of aromatic nitrogens is 3. The molecule has 336 valence electrons. The molecule has 2 aromatic heterocycles. The number of carbonyl (C=O) groups is 4. The highest BCUT2D eigenvalue weighted by Gasteiger charge is 2.62. The van der Waals surface area contributed by atoms with Crippen LogP contribution < -0.4 is 0 Å². The first-order chi connectivity index (χ1) is 28.4. The molecule has 1 amide bonds. The Morgan fingerprint density at radius 2 is 1.75 bits per heavy atom. The number of pyridine rings is 1. The molecule has 16 heteroatoms. The molecule has 0 saturated carbocycles. The zero-order valence-corrected chi connectivity index (χ0v) is 37.4.